The van der Waals surface area contributed by atoms with E-state index in [0.717, 1.165) is 6.42 Å². The highest BCUT2D eigenvalue weighted by molar-refractivity contribution is 5.67. The van der Waals surface area contributed by atoms with E-state index in [9.17, 15) is 19.5 Å². The first kappa shape index (κ1) is 22.0. The standard InChI is InChI=1S/C21H32O8/c1-11-7-8-16(27-13(3)23)20(10-26-12(2)22)18(25)17(28-14(4)24)15-9-21(11,20)29-19(15,5)6/h11,15-18,25H,7-10H2,1-6H3/t11-,15+,16+,17+,18+,20?,21+/m0/s1. The van der Waals surface area contributed by atoms with Crippen molar-refractivity contribution in [3.8, 4) is 0 Å². The van der Waals surface area contributed by atoms with Gasteiger partial charge in [0.05, 0.1) is 11.2 Å². The Morgan fingerprint density at radius 3 is 2.21 bits per heavy atom. The molecule has 2 bridgehead atoms. The van der Waals surface area contributed by atoms with Gasteiger partial charge in [-0.1, -0.05) is 6.92 Å². The van der Waals surface area contributed by atoms with Gasteiger partial charge < -0.3 is 24.1 Å². The molecule has 29 heavy (non-hydrogen) atoms. The minimum Gasteiger partial charge on any atom is -0.465 e. The van der Waals surface area contributed by atoms with Gasteiger partial charge in [-0.05, 0) is 39.0 Å². The van der Waals surface area contributed by atoms with Crippen molar-refractivity contribution in [1.82, 2.24) is 0 Å². The number of ether oxygens (including phenoxy) is 4. The minimum absolute atomic E-state index is 0.0158. The van der Waals surface area contributed by atoms with Crippen molar-refractivity contribution in [3.63, 3.8) is 0 Å². The molecule has 0 aromatic heterocycles. The van der Waals surface area contributed by atoms with Crippen molar-refractivity contribution in [1.29, 1.82) is 0 Å². The second-order valence-corrected chi connectivity index (χ2v) is 9.32. The van der Waals surface area contributed by atoms with Crippen LogP contribution in [-0.2, 0) is 33.3 Å². The molecule has 0 radical (unpaired) electrons. The molecule has 3 fully saturated rings. The van der Waals surface area contributed by atoms with Gasteiger partial charge in [-0.25, -0.2) is 0 Å². The summed E-state index contributed by atoms with van der Waals surface area (Å²) in [6.45, 7) is 9.58. The lowest BCUT2D eigenvalue weighted by Crippen LogP contribution is -2.73. The number of rotatable bonds is 4. The molecule has 3 rings (SSSR count). The fourth-order valence-corrected chi connectivity index (χ4v) is 6.06. The zero-order valence-electron chi connectivity index (χ0n) is 18.0. The zero-order chi connectivity index (χ0) is 21.8. The largest absolute Gasteiger partial charge is 0.465 e. The summed E-state index contributed by atoms with van der Waals surface area (Å²) in [7, 11) is 0. The second-order valence-electron chi connectivity index (χ2n) is 9.32. The highest BCUT2D eigenvalue weighted by Gasteiger charge is 2.77. The van der Waals surface area contributed by atoms with Crippen LogP contribution in [0.2, 0.25) is 0 Å². The lowest BCUT2D eigenvalue weighted by atomic mass is 9.49. The molecule has 0 aromatic carbocycles. The number of carbonyl (C=O) groups excluding carboxylic acids is 3. The molecule has 0 aromatic rings. The first-order valence-electron chi connectivity index (χ1n) is 10.2. The van der Waals surface area contributed by atoms with Gasteiger partial charge >= 0.3 is 17.9 Å². The summed E-state index contributed by atoms with van der Waals surface area (Å²) in [5, 5.41) is 11.6. The maximum Gasteiger partial charge on any atom is 0.303 e. The molecule has 1 N–H and O–H groups in total. The number of aliphatic hydroxyl groups excluding tert-OH is 1. The third-order valence-corrected chi connectivity index (χ3v) is 7.24. The second kappa shape index (κ2) is 7.23. The van der Waals surface area contributed by atoms with Crippen molar-refractivity contribution in [2.24, 2.45) is 17.3 Å². The van der Waals surface area contributed by atoms with Crippen molar-refractivity contribution >= 4 is 17.9 Å². The van der Waals surface area contributed by atoms with Crippen molar-refractivity contribution in [2.75, 3.05) is 6.61 Å². The van der Waals surface area contributed by atoms with Crippen LogP contribution in [0.15, 0.2) is 0 Å². The Balaban J connectivity index is 2.20. The SMILES string of the molecule is CC(=O)OCC12[C@H](O)[C@H](OC(C)=O)[C@H]3C[C@@]1(OC3(C)C)[C@@H](C)CC[C@H]2OC(C)=O. The van der Waals surface area contributed by atoms with Gasteiger partial charge in [0.15, 0.2) is 0 Å². The lowest BCUT2D eigenvalue weighted by Gasteiger charge is -2.61. The quantitative estimate of drug-likeness (QED) is 0.550. The molecule has 1 saturated heterocycles. The van der Waals surface area contributed by atoms with Crippen LogP contribution < -0.4 is 0 Å². The van der Waals surface area contributed by atoms with E-state index in [1.165, 1.54) is 20.8 Å². The van der Waals surface area contributed by atoms with Crippen molar-refractivity contribution in [2.45, 2.75) is 90.3 Å². The number of hydrogen-bond acceptors (Lipinski definition) is 8. The van der Waals surface area contributed by atoms with E-state index in [1.54, 1.807) is 0 Å². The molecule has 8 nitrogen and oxygen atoms in total. The summed E-state index contributed by atoms with van der Waals surface area (Å²) in [6.07, 6.45) is -1.10. The third-order valence-electron chi connectivity index (χ3n) is 7.24. The van der Waals surface area contributed by atoms with E-state index in [1.807, 2.05) is 20.8 Å². The molecule has 1 unspecified atom stereocenters. The van der Waals surface area contributed by atoms with E-state index in [2.05, 4.69) is 0 Å². The normalized spacial score (nSPS) is 42.5. The van der Waals surface area contributed by atoms with Crippen LogP contribution in [0, 0.1) is 17.3 Å². The van der Waals surface area contributed by atoms with E-state index in [-0.39, 0.29) is 18.4 Å². The Kier molecular flexibility index (Phi) is 5.49. The molecule has 1 heterocycles. The summed E-state index contributed by atoms with van der Waals surface area (Å²) >= 11 is 0. The fraction of sp³-hybridized carbons (Fsp3) is 0.857. The van der Waals surface area contributed by atoms with Gasteiger partial charge in [-0.15, -0.1) is 0 Å². The minimum atomic E-state index is -1.24. The van der Waals surface area contributed by atoms with Crippen molar-refractivity contribution < 1.29 is 38.4 Å². The molecule has 1 spiro atoms. The van der Waals surface area contributed by atoms with Gasteiger partial charge in [0, 0.05) is 26.7 Å². The molecular weight excluding hydrogens is 380 g/mol. The molecule has 1 aliphatic heterocycles. The third kappa shape index (κ3) is 3.24. The Morgan fingerprint density at radius 2 is 1.66 bits per heavy atom. The predicted octanol–water partition coefficient (Wildman–Crippen LogP) is 1.76. The summed E-state index contributed by atoms with van der Waals surface area (Å²) < 4.78 is 23.4. The van der Waals surface area contributed by atoms with Gasteiger partial charge in [-0.3, -0.25) is 14.4 Å². The van der Waals surface area contributed by atoms with Crippen LogP contribution in [0.4, 0.5) is 0 Å². The Hall–Kier alpha value is -1.67. The summed E-state index contributed by atoms with van der Waals surface area (Å²) in [5.41, 5.74) is -2.82. The van der Waals surface area contributed by atoms with Crippen LogP contribution in [0.1, 0.15) is 60.8 Å². The van der Waals surface area contributed by atoms with Crippen LogP contribution in [0.25, 0.3) is 0 Å². The molecule has 3 aliphatic rings. The average molecular weight is 412 g/mol. The van der Waals surface area contributed by atoms with E-state index in [4.69, 9.17) is 18.9 Å². The number of esters is 3. The smallest absolute Gasteiger partial charge is 0.303 e. The fourth-order valence-electron chi connectivity index (χ4n) is 6.06. The molecule has 8 heteroatoms. The predicted molar refractivity (Wildman–Crippen MR) is 101 cm³/mol. The van der Waals surface area contributed by atoms with Gasteiger partial charge in [0.1, 0.15) is 30.3 Å². The molecule has 2 aliphatic carbocycles. The number of hydrogen-bond donors (Lipinski definition) is 1. The first-order valence-corrected chi connectivity index (χ1v) is 10.2. The highest BCUT2D eigenvalue weighted by atomic mass is 16.6. The van der Waals surface area contributed by atoms with Gasteiger partial charge in [0.25, 0.3) is 0 Å². The molecule has 0 amide bonds. The lowest BCUT2D eigenvalue weighted by molar-refractivity contribution is -0.289. The number of fused-ring (bicyclic) bond motifs is 1. The number of aliphatic hydroxyl groups is 1. The van der Waals surface area contributed by atoms with Crippen LogP contribution in [0.5, 0.6) is 0 Å². The topological polar surface area (TPSA) is 108 Å². The Morgan fingerprint density at radius 1 is 1.03 bits per heavy atom. The number of carbonyl (C=O) groups is 3. The van der Waals surface area contributed by atoms with Crippen LogP contribution >= 0.6 is 0 Å². The van der Waals surface area contributed by atoms with Gasteiger partial charge in [0.2, 0.25) is 0 Å². The van der Waals surface area contributed by atoms with Crippen LogP contribution in [-0.4, -0.2) is 59.1 Å². The summed E-state index contributed by atoms with van der Waals surface area (Å²) in [6, 6.07) is 0. The van der Waals surface area contributed by atoms with Crippen LogP contribution in [0.3, 0.4) is 0 Å². The maximum atomic E-state index is 11.9. The Labute approximate surface area is 171 Å². The van der Waals surface area contributed by atoms with Crippen molar-refractivity contribution in [3.05, 3.63) is 0 Å². The monoisotopic (exact) mass is 412 g/mol. The van der Waals surface area contributed by atoms with E-state index < -0.39 is 52.8 Å². The summed E-state index contributed by atoms with van der Waals surface area (Å²) in [4.78, 5) is 35.5. The van der Waals surface area contributed by atoms with E-state index >= 15 is 0 Å². The molecule has 7 atom stereocenters. The maximum absolute atomic E-state index is 11.9. The summed E-state index contributed by atoms with van der Waals surface area (Å²) in [5.74, 6) is -1.74. The molecule has 164 valence electrons. The van der Waals surface area contributed by atoms with E-state index in [0.29, 0.717) is 12.8 Å². The zero-order valence-corrected chi connectivity index (χ0v) is 18.0. The Bertz CT molecular complexity index is 703. The molecule has 2 saturated carbocycles. The van der Waals surface area contributed by atoms with Gasteiger partial charge in [-0.2, -0.15) is 0 Å². The highest BCUT2D eigenvalue weighted by Crippen LogP contribution is 2.66. The average Bonchev–Trinajstić information content (AvgIpc) is 2.84. The molecular formula is C21H32O8. The first-order chi connectivity index (χ1) is 13.4.